The molecule has 0 radical (unpaired) electrons. The van der Waals surface area contributed by atoms with Crippen LogP contribution in [-0.4, -0.2) is 43.3 Å². The van der Waals surface area contributed by atoms with Gasteiger partial charge in [-0.25, -0.2) is 18.2 Å². The van der Waals surface area contributed by atoms with Crippen molar-refractivity contribution >= 4 is 27.4 Å². The van der Waals surface area contributed by atoms with Gasteiger partial charge in [0.05, 0.1) is 7.11 Å². The summed E-state index contributed by atoms with van der Waals surface area (Å²) in [5.74, 6) is -0.349. The first kappa shape index (κ1) is 17.6. The lowest BCUT2D eigenvalue weighted by atomic mass is 10.2. The van der Waals surface area contributed by atoms with E-state index in [0.717, 1.165) is 6.26 Å². The summed E-state index contributed by atoms with van der Waals surface area (Å²) in [6.07, 6.45) is 2.00. The van der Waals surface area contributed by atoms with Crippen LogP contribution in [0, 0.1) is 0 Å². The highest BCUT2D eigenvalue weighted by Gasteiger charge is 2.54. The molecule has 0 bridgehead atoms. The van der Waals surface area contributed by atoms with Crippen LogP contribution in [-0.2, 0) is 19.4 Å². The van der Waals surface area contributed by atoms with E-state index < -0.39 is 21.4 Å². The van der Waals surface area contributed by atoms with Crippen LogP contribution in [0.4, 0.5) is 0 Å². The molecule has 0 saturated heterocycles. The number of aromatic nitrogens is 2. The molecule has 1 aliphatic rings. The van der Waals surface area contributed by atoms with E-state index >= 15 is 0 Å². The lowest BCUT2D eigenvalue weighted by Crippen LogP contribution is -2.31. The molecule has 1 fully saturated rings. The van der Waals surface area contributed by atoms with Crippen molar-refractivity contribution in [2.45, 2.75) is 23.5 Å². The summed E-state index contributed by atoms with van der Waals surface area (Å²) in [6.45, 7) is 0. The maximum Gasteiger partial charge on any atom is 0.350 e. The van der Waals surface area contributed by atoms with Gasteiger partial charge < -0.3 is 9.47 Å². The number of hydrogen-bond acceptors (Lipinski definition) is 7. The normalized spacial score (nSPS) is 15.5. The second kappa shape index (κ2) is 6.27. The zero-order valence-corrected chi connectivity index (χ0v) is 15.1. The Morgan fingerprint density at radius 3 is 2.36 bits per heavy atom. The average Bonchev–Trinajstić information content (AvgIpc) is 3.34. The second-order valence-corrected chi connectivity index (χ2v) is 8.13. The van der Waals surface area contributed by atoms with Crippen molar-refractivity contribution in [3.8, 4) is 17.3 Å². The highest BCUT2D eigenvalue weighted by atomic mass is 35.5. The summed E-state index contributed by atoms with van der Waals surface area (Å²) in [5.41, 5.74) is -0.530. The van der Waals surface area contributed by atoms with Crippen LogP contribution in [0.5, 0.6) is 5.88 Å². The third-order valence-corrected chi connectivity index (χ3v) is 4.94. The number of rotatable bonds is 5. The molecule has 25 heavy (non-hydrogen) atoms. The van der Waals surface area contributed by atoms with Gasteiger partial charge in [0.1, 0.15) is 0 Å². The number of esters is 1. The number of carbonyl (C=O) groups is 1. The van der Waals surface area contributed by atoms with Crippen molar-refractivity contribution in [3.05, 3.63) is 35.4 Å². The minimum atomic E-state index is -3.60. The number of sulfone groups is 1. The monoisotopic (exact) mass is 382 g/mol. The molecule has 2 aromatic rings. The Bertz CT molecular complexity index is 924. The predicted molar refractivity (Wildman–Crippen MR) is 90.2 cm³/mol. The molecule has 1 aliphatic carbocycles. The standard InChI is InChI=1S/C16H15ClN2O5S/c1-23-15(20)16(7-8-16)24-12-9-13(25(2,21)22)19-14(18-12)10-3-5-11(17)6-4-10/h3-6,9H,7-8H2,1-2H3. The first-order chi connectivity index (χ1) is 11.7. The lowest BCUT2D eigenvalue weighted by molar-refractivity contribution is -0.151. The van der Waals surface area contributed by atoms with E-state index in [0.29, 0.717) is 23.4 Å². The molecule has 7 nitrogen and oxygen atoms in total. The fourth-order valence-corrected chi connectivity index (χ4v) is 2.91. The van der Waals surface area contributed by atoms with Gasteiger partial charge in [0.2, 0.25) is 11.5 Å². The summed E-state index contributed by atoms with van der Waals surface area (Å²) in [4.78, 5) is 20.2. The molecule has 0 amide bonds. The lowest BCUT2D eigenvalue weighted by Gasteiger charge is -2.15. The number of ether oxygens (including phenoxy) is 2. The van der Waals surface area contributed by atoms with Crippen molar-refractivity contribution in [1.82, 2.24) is 9.97 Å². The molecule has 1 aromatic carbocycles. The zero-order chi connectivity index (χ0) is 18.2. The summed E-state index contributed by atoms with van der Waals surface area (Å²) in [7, 11) is -2.33. The highest BCUT2D eigenvalue weighted by Crippen LogP contribution is 2.41. The minimum Gasteiger partial charge on any atom is -0.466 e. The molecule has 1 heterocycles. The predicted octanol–water partition coefficient (Wildman–Crippen LogP) is 2.28. The average molecular weight is 383 g/mol. The Balaban J connectivity index is 2.05. The molecule has 0 N–H and O–H groups in total. The van der Waals surface area contributed by atoms with Crippen LogP contribution in [0.3, 0.4) is 0 Å². The van der Waals surface area contributed by atoms with E-state index in [9.17, 15) is 13.2 Å². The SMILES string of the molecule is COC(=O)C1(Oc2cc(S(C)(=O)=O)nc(-c3ccc(Cl)cc3)n2)CC1. The number of carbonyl (C=O) groups excluding carboxylic acids is 1. The topological polar surface area (TPSA) is 95.5 Å². The van der Waals surface area contributed by atoms with E-state index in [4.69, 9.17) is 21.1 Å². The van der Waals surface area contributed by atoms with Gasteiger partial charge in [-0.3, -0.25) is 0 Å². The first-order valence-corrected chi connectivity index (χ1v) is 9.63. The first-order valence-electron chi connectivity index (χ1n) is 7.36. The molecule has 132 valence electrons. The van der Waals surface area contributed by atoms with Crippen LogP contribution in [0.15, 0.2) is 35.4 Å². The smallest absolute Gasteiger partial charge is 0.350 e. The fourth-order valence-electron chi connectivity index (χ4n) is 2.22. The number of halogens is 1. The summed E-state index contributed by atoms with van der Waals surface area (Å²) in [5, 5.41) is 0.338. The number of methoxy groups -OCH3 is 1. The van der Waals surface area contributed by atoms with E-state index in [2.05, 4.69) is 9.97 Å². The summed E-state index contributed by atoms with van der Waals surface area (Å²) < 4.78 is 34.3. The van der Waals surface area contributed by atoms with Crippen molar-refractivity contribution in [2.75, 3.05) is 13.4 Å². The van der Waals surface area contributed by atoms with Crippen LogP contribution in [0.2, 0.25) is 5.02 Å². The van der Waals surface area contributed by atoms with E-state index in [1.807, 2.05) is 0 Å². The highest BCUT2D eigenvalue weighted by molar-refractivity contribution is 7.90. The van der Waals surface area contributed by atoms with E-state index in [1.54, 1.807) is 24.3 Å². The Hall–Kier alpha value is -2.19. The Morgan fingerprint density at radius 1 is 1.20 bits per heavy atom. The quantitative estimate of drug-likeness (QED) is 0.578. The van der Waals surface area contributed by atoms with Gasteiger partial charge in [-0.15, -0.1) is 0 Å². The fraction of sp³-hybridized carbons (Fsp3) is 0.312. The molecule has 1 saturated carbocycles. The Kier molecular flexibility index (Phi) is 4.42. The third kappa shape index (κ3) is 3.74. The molecule has 1 aromatic heterocycles. The largest absolute Gasteiger partial charge is 0.466 e. The molecule has 0 spiro atoms. The third-order valence-electron chi connectivity index (χ3n) is 3.72. The van der Waals surface area contributed by atoms with Gasteiger partial charge in [-0.1, -0.05) is 11.6 Å². The molecule has 9 heteroatoms. The molecule has 0 unspecified atom stereocenters. The van der Waals surface area contributed by atoms with E-state index in [-0.39, 0.29) is 16.7 Å². The summed E-state index contributed by atoms with van der Waals surface area (Å²) >= 11 is 5.87. The minimum absolute atomic E-state index is 0.00303. The van der Waals surface area contributed by atoms with Crippen LogP contribution < -0.4 is 4.74 Å². The van der Waals surface area contributed by atoms with Crippen molar-refractivity contribution in [1.29, 1.82) is 0 Å². The Morgan fingerprint density at radius 2 is 1.84 bits per heavy atom. The van der Waals surface area contributed by atoms with Gasteiger partial charge in [0, 0.05) is 35.7 Å². The van der Waals surface area contributed by atoms with Crippen molar-refractivity contribution < 1.29 is 22.7 Å². The van der Waals surface area contributed by atoms with Crippen LogP contribution in [0.25, 0.3) is 11.4 Å². The number of hydrogen-bond donors (Lipinski definition) is 0. The van der Waals surface area contributed by atoms with Gasteiger partial charge in [-0.2, -0.15) is 4.98 Å². The summed E-state index contributed by atoms with van der Waals surface area (Å²) in [6, 6.07) is 7.83. The molecule has 0 aliphatic heterocycles. The van der Waals surface area contributed by atoms with Crippen LogP contribution in [0.1, 0.15) is 12.8 Å². The van der Waals surface area contributed by atoms with Gasteiger partial charge in [-0.05, 0) is 24.3 Å². The molecule has 0 atom stereocenters. The van der Waals surface area contributed by atoms with Gasteiger partial charge >= 0.3 is 5.97 Å². The maximum atomic E-state index is 11.9. The van der Waals surface area contributed by atoms with Gasteiger partial charge in [0.25, 0.3) is 0 Å². The molecular weight excluding hydrogens is 368 g/mol. The van der Waals surface area contributed by atoms with Crippen LogP contribution >= 0.6 is 11.6 Å². The van der Waals surface area contributed by atoms with Crippen molar-refractivity contribution in [3.63, 3.8) is 0 Å². The maximum absolute atomic E-state index is 11.9. The Labute approximate surface area is 149 Å². The van der Waals surface area contributed by atoms with Crippen molar-refractivity contribution in [2.24, 2.45) is 0 Å². The van der Waals surface area contributed by atoms with E-state index in [1.165, 1.54) is 13.2 Å². The number of benzene rings is 1. The second-order valence-electron chi connectivity index (χ2n) is 5.74. The molecule has 3 rings (SSSR count). The van der Waals surface area contributed by atoms with Gasteiger partial charge in [0.15, 0.2) is 20.7 Å². The zero-order valence-electron chi connectivity index (χ0n) is 13.5. The number of nitrogens with zero attached hydrogens (tertiary/aromatic N) is 2. The molecular formula is C16H15ClN2O5S.